The number of carbonyl (C=O) groups excluding carboxylic acids is 3. The summed E-state index contributed by atoms with van der Waals surface area (Å²) in [5.74, 6) is -2.11. The van der Waals surface area contributed by atoms with Gasteiger partial charge in [-0.25, -0.2) is 4.79 Å². The molecule has 4 atom stereocenters. The molecule has 0 aromatic rings. The molecule has 2 fully saturated rings. The van der Waals surface area contributed by atoms with Gasteiger partial charge < -0.3 is 9.84 Å². The molecule has 0 aliphatic heterocycles. The van der Waals surface area contributed by atoms with Gasteiger partial charge in [0.2, 0.25) is 11.6 Å². The molecule has 0 spiro atoms. The van der Waals surface area contributed by atoms with Crippen LogP contribution in [0.25, 0.3) is 0 Å². The van der Waals surface area contributed by atoms with Crippen LogP contribution < -0.4 is 0 Å². The van der Waals surface area contributed by atoms with Crippen molar-refractivity contribution in [1.82, 2.24) is 0 Å². The van der Waals surface area contributed by atoms with Gasteiger partial charge >= 0.3 is 5.97 Å². The van der Waals surface area contributed by atoms with E-state index in [1.165, 1.54) is 12.7 Å². The number of esters is 1. The molecule has 3 aliphatic rings. The minimum Gasteiger partial charge on any atom is -0.507 e. The highest BCUT2D eigenvalue weighted by molar-refractivity contribution is 6.49. The minimum atomic E-state index is -0.812. The van der Waals surface area contributed by atoms with E-state index in [4.69, 9.17) is 0 Å². The first-order valence-corrected chi connectivity index (χ1v) is 10.1. The van der Waals surface area contributed by atoms with E-state index in [9.17, 15) is 19.5 Å². The highest BCUT2D eigenvalue weighted by atomic mass is 16.5. The van der Waals surface area contributed by atoms with Crippen molar-refractivity contribution in [2.24, 2.45) is 22.7 Å². The molecular formula is C23H30O5. The smallest absolute Gasteiger partial charge is 0.341 e. The molecule has 28 heavy (non-hydrogen) atoms. The lowest BCUT2D eigenvalue weighted by atomic mass is 9.46. The van der Waals surface area contributed by atoms with E-state index in [0.29, 0.717) is 11.8 Å². The van der Waals surface area contributed by atoms with Gasteiger partial charge in [-0.2, -0.15) is 0 Å². The number of hydrogen-bond acceptors (Lipinski definition) is 5. The number of Topliss-reactive ketones (excluding diaryl/α,β-unsaturated/α-hetero) is 1. The summed E-state index contributed by atoms with van der Waals surface area (Å²) in [7, 11) is 1.18. The first-order valence-electron chi connectivity index (χ1n) is 10.1. The number of hydrogen-bond donors (Lipinski definition) is 1. The van der Waals surface area contributed by atoms with Crippen LogP contribution in [0.15, 0.2) is 35.1 Å². The van der Waals surface area contributed by atoms with Gasteiger partial charge in [-0.3, -0.25) is 9.59 Å². The largest absolute Gasteiger partial charge is 0.507 e. The normalized spacial score (nSPS) is 36.1. The van der Waals surface area contributed by atoms with Crippen LogP contribution in [0.2, 0.25) is 0 Å². The van der Waals surface area contributed by atoms with Crippen LogP contribution in [-0.2, 0) is 19.1 Å². The summed E-state index contributed by atoms with van der Waals surface area (Å²) < 4.78 is 4.67. The van der Waals surface area contributed by atoms with Crippen molar-refractivity contribution in [3.63, 3.8) is 0 Å². The number of aliphatic hydroxyl groups is 1. The van der Waals surface area contributed by atoms with Crippen LogP contribution in [0.1, 0.15) is 59.3 Å². The fourth-order valence-electron chi connectivity index (χ4n) is 5.76. The van der Waals surface area contributed by atoms with E-state index >= 15 is 0 Å². The fourth-order valence-corrected chi connectivity index (χ4v) is 5.76. The van der Waals surface area contributed by atoms with Gasteiger partial charge in [0.15, 0.2) is 0 Å². The van der Waals surface area contributed by atoms with E-state index in [-0.39, 0.29) is 28.4 Å². The summed E-state index contributed by atoms with van der Waals surface area (Å²) in [5, 5.41) is 10.7. The summed E-state index contributed by atoms with van der Waals surface area (Å²) in [6, 6.07) is 0. The van der Waals surface area contributed by atoms with E-state index in [1.807, 2.05) is 0 Å². The number of rotatable bonds is 3. The third-order valence-electron chi connectivity index (χ3n) is 7.84. The zero-order valence-electron chi connectivity index (χ0n) is 17.3. The van der Waals surface area contributed by atoms with Gasteiger partial charge in [0.1, 0.15) is 11.3 Å². The number of allylic oxidation sites excluding steroid dienone is 3. The topological polar surface area (TPSA) is 80.7 Å². The first-order chi connectivity index (χ1) is 13.1. The maximum atomic E-state index is 12.6. The predicted octanol–water partition coefficient (Wildman–Crippen LogP) is 4.24. The zero-order chi connectivity index (χ0) is 20.9. The molecule has 0 heterocycles. The maximum absolute atomic E-state index is 12.6. The molecule has 3 rings (SSSR count). The third-order valence-corrected chi connectivity index (χ3v) is 7.84. The number of ketones is 2. The van der Waals surface area contributed by atoms with Crippen molar-refractivity contribution in [1.29, 1.82) is 0 Å². The highest BCUT2D eigenvalue weighted by Gasteiger charge is 2.55. The van der Waals surface area contributed by atoms with E-state index in [1.54, 1.807) is 0 Å². The molecule has 1 N–H and O–H groups in total. The van der Waals surface area contributed by atoms with Crippen molar-refractivity contribution < 1.29 is 24.2 Å². The number of methoxy groups -OCH3 is 1. The molecule has 0 aromatic carbocycles. The number of aliphatic hydroxyl groups excluding tert-OH is 1. The Balaban J connectivity index is 2.05. The molecule has 0 saturated heterocycles. The van der Waals surface area contributed by atoms with Crippen molar-refractivity contribution in [3.05, 3.63) is 35.1 Å². The lowest BCUT2D eigenvalue weighted by Crippen LogP contribution is -2.51. The molecule has 0 amide bonds. The lowest BCUT2D eigenvalue weighted by molar-refractivity contribution is -0.137. The van der Waals surface area contributed by atoms with Crippen molar-refractivity contribution in [2.45, 2.75) is 59.3 Å². The van der Waals surface area contributed by atoms with Crippen LogP contribution in [0.3, 0.4) is 0 Å². The van der Waals surface area contributed by atoms with Gasteiger partial charge in [-0.15, -0.1) is 0 Å². The SMILES string of the molecule is C=C1CCC[C@H]2[C@](C)(CC3=C(O)C(C(=O)OC)=CC(=O)C3=O)[C@@H](C)CC[C@]12C. The Morgan fingerprint density at radius 2 is 2.00 bits per heavy atom. The van der Waals surface area contributed by atoms with Gasteiger partial charge in [0, 0.05) is 11.6 Å². The molecule has 0 aromatic heterocycles. The summed E-state index contributed by atoms with van der Waals surface area (Å²) in [6.07, 6.45) is 6.34. The van der Waals surface area contributed by atoms with Crippen molar-refractivity contribution in [3.8, 4) is 0 Å². The highest BCUT2D eigenvalue weighted by Crippen LogP contribution is 2.63. The molecule has 5 nitrogen and oxygen atoms in total. The molecule has 2 saturated carbocycles. The third kappa shape index (κ3) is 2.96. The Morgan fingerprint density at radius 3 is 2.64 bits per heavy atom. The second-order valence-corrected chi connectivity index (χ2v) is 9.16. The Labute approximate surface area is 166 Å². The summed E-state index contributed by atoms with van der Waals surface area (Å²) in [6.45, 7) is 11.0. The Kier molecular flexibility index (Phi) is 5.15. The lowest BCUT2D eigenvalue weighted by Gasteiger charge is -2.59. The fraction of sp³-hybridized carbons (Fsp3) is 0.609. The summed E-state index contributed by atoms with van der Waals surface area (Å²) >= 11 is 0. The van der Waals surface area contributed by atoms with Gasteiger partial charge in [0.25, 0.3) is 0 Å². The van der Waals surface area contributed by atoms with E-state index in [0.717, 1.165) is 38.2 Å². The molecule has 5 heteroatoms. The van der Waals surface area contributed by atoms with Crippen LogP contribution >= 0.6 is 0 Å². The van der Waals surface area contributed by atoms with Gasteiger partial charge in [-0.05, 0) is 61.2 Å². The second-order valence-electron chi connectivity index (χ2n) is 9.16. The van der Waals surface area contributed by atoms with E-state index < -0.39 is 23.3 Å². The number of ether oxygens (including phenoxy) is 1. The summed E-state index contributed by atoms with van der Waals surface area (Å²) in [4.78, 5) is 36.8. The molecule has 0 bridgehead atoms. The van der Waals surface area contributed by atoms with Crippen molar-refractivity contribution >= 4 is 17.5 Å². The molecule has 0 radical (unpaired) electrons. The monoisotopic (exact) mass is 386 g/mol. The predicted molar refractivity (Wildman–Crippen MR) is 105 cm³/mol. The van der Waals surface area contributed by atoms with Crippen LogP contribution in [0.4, 0.5) is 0 Å². The van der Waals surface area contributed by atoms with E-state index in [2.05, 4.69) is 32.1 Å². The van der Waals surface area contributed by atoms with Crippen LogP contribution in [0.5, 0.6) is 0 Å². The Morgan fingerprint density at radius 1 is 1.32 bits per heavy atom. The Bertz CT molecular complexity index is 817. The zero-order valence-corrected chi connectivity index (χ0v) is 17.3. The molecular weight excluding hydrogens is 356 g/mol. The average molecular weight is 386 g/mol. The average Bonchev–Trinajstić information content (AvgIpc) is 2.66. The summed E-state index contributed by atoms with van der Waals surface area (Å²) in [5.41, 5.74) is 0.793. The van der Waals surface area contributed by atoms with Crippen molar-refractivity contribution in [2.75, 3.05) is 7.11 Å². The second kappa shape index (κ2) is 7.02. The standard InChI is InChI=1S/C23H30O5/c1-13-7-6-8-18-22(13,3)10-9-14(2)23(18,4)12-16-19(25)15(21(27)28-5)11-17(24)20(16)26/h11,14,18,25H,1,6-10,12H2,2-5H3/t14-,18+,22+,23+/m0/s1. The molecule has 3 aliphatic carbocycles. The van der Waals surface area contributed by atoms with Gasteiger partial charge in [-0.1, -0.05) is 32.9 Å². The van der Waals surface area contributed by atoms with Gasteiger partial charge in [0.05, 0.1) is 7.11 Å². The molecule has 152 valence electrons. The maximum Gasteiger partial charge on any atom is 0.341 e. The van der Waals surface area contributed by atoms with Crippen LogP contribution in [-0.4, -0.2) is 29.8 Å². The minimum absolute atomic E-state index is 0.00156. The number of carbonyl (C=O) groups is 3. The first kappa shape index (κ1) is 20.6. The quantitative estimate of drug-likeness (QED) is 0.340. The van der Waals surface area contributed by atoms with Crippen LogP contribution in [0, 0.1) is 22.7 Å². The molecule has 0 unspecified atom stereocenters. The number of fused-ring (bicyclic) bond motifs is 1. The Hall–Kier alpha value is -2.17.